The minimum absolute atomic E-state index is 0.259. The third-order valence-electron chi connectivity index (χ3n) is 1.59. The number of amides is 1. The van der Waals surface area contributed by atoms with Crippen LogP contribution < -0.4 is 0 Å². The van der Waals surface area contributed by atoms with E-state index < -0.39 is 0 Å². The van der Waals surface area contributed by atoms with E-state index in [-0.39, 0.29) is 6.09 Å². The van der Waals surface area contributed by atoms with Crippen LogP contribution in [0.2, 0.25) is 0 Å². The highest BCUT2D eigenvalue weighted by atomic mass is 16.6. The Morgan fingerprint density at radius 1 is 1.15 bits per heavy atom. The van der Waals surface area contributed by atoms with Gasteiger partial charge in [-0.25, -0.2) is 4.79 Å². The van der Waals surface area contributed by atoms with E-state index in [1.165, 1.54) is 4.90 Å². The van der Waals surface area contributed by atoms with Gasteiger partial charge in [-0.2, -0.15) is 0 Å². The van der Waals surface area contributed by atoms with E-state index >= 15 is 0 Å². The molecule has 1 amide bonds. The number of nitrogens with zero attached hydrogens (tertiary/aromatic N) is 2. The molecule has 0 aliphatic heterocycles. The maximum Gasteiger partial charge on any atom is 0.409 e. The molecule has 0 N–H and O–H groups in total. The normalized spacial score (nSPS) is 10.2. The van der Waals surface area contributed by atoms with Gasteiger partial charge in [0.25, 0.3) is 0 Å². The summed E-state index contributed by atoms with van der Waals surface area (Å²) in [6.45, 7) is 1.56. The van der Waals surface area contributed by atoms with Crippen molar-refractivity contribution in [3.05, 3.63) is 0 Å². The van der Waals surface area contributed by atoms with Gasteiger partial charge in [0.1, 0.15) is 0 Å². The summed E-state index contributed by atoms with van der Waals surface area (Å²) in [6, 6.07) is 0. The lowest BCUT2D eigenvalue weighted by atomic mass is 10.3. The van der Waals surface area contributed by atoms with E-state index in [0.29, 0.717) is 6.61 Å². The van der Waals surface area contributed by atoms with Gasteiger partial charge < -0.3 is 14.5 Å². The van der Waals surface area contributed by atoms with Crippen molar-refractivity contribution < 1.29 is 9.53 Å². The van der Waals surface area contributed by atoms with E-state index in [1.807, 2.05) is 14.1 Å². The molecule has 4 nitrogen and oxygen atoms in total. The smallest absolute Gasteiger partial charge is 0.409 e. The first-order valence-corrected chi connectivity index (χ1v) is 4.53. The van der Waals surface area contributed by atoms with Crippen molar-refractivity contribution in [3.8, 4) is 0 Å². The summed E-state index contributed by atoms with van der Waals surface area (Å²) in [5.41, 5.74) is 0. The van der Waals surface area contributed by atoms with Crippen LogP contribution in [0.5, 0.6) is 0 Å². The molecular formula is C9H20N2O2. The Morgan fingerprint density at radius 2 is 1.77 bits per heavy atom. The van der Waals surface area contributed by atoms with Gasteiger partial charge >= 0.3 is 6.09 Å². The van der Waals surface area contributed by atoms with Crippen molar-refractivity contribution in [1.29, 1.82) is 0 Å². The zero-order valence-electron chi connectivity index (χ0n) is 9.04. The second-order valence-corrected chi connectivity index (χ2v) is 3.52. The first-order valence-electron chi connectivity index (χ1n) is 4.53. The largest absolute Gasteiger partial charge is 0.449 e. The molecule has 0 aliphatic rings. The molecule has 0 radical (unpaired) electrons. The van der Waals surface area contributed by atoms with Gasteiger partial charge in [-0.1, -0.05) is 0 Å². The molecule has 0 unspecified atom stereocenters. The summed E-state index contributed by atoms with van der Waals surface area (Å²) in [5, 5.41) is 0. The van der Waals surface area contributed by atoms with Gasteiger partial charge in [-0.15, -0.1) is 0 Å². The molecule has 0 aromatic heterocycles. The quantitative estimate of drug-likeness (QED) is 0.604. The first-order chi connectivity index (χ1) is 6.04. The fourth-order valence-corrected chi connectivity index (χ4v) is 0.819. The average Bonchev–Trinajstić information content (AvgIpc) is 2.02. The third kappa shape index (κ3) is 7.59. The summed E-state index contributed by atoms with van der Waals surface area (Å²) in [6.07, 6.45) is 1.73. The predicted octanol–water partition coefficient (Wildman–Crippen LogP) is 1.03. The van der Waals surface area contributed by atoms with Crippen molar-refractivity contribution in [1.82, 2.24) is 9.80 Å². The number of hydrogen-bond acceptors (Lipinski definition) is 3. The standard InChI is InChI=1S/C9H20N2O2/c1-10(2)7-5-6-8-13-9(12)11(3)4/h5-8H2,1-4H3. The van der Waals surface area contributed by atoms with Crippen LogP contribution in [0.4, 0.5) is 4.79 Å². The minimum atomic E-state index is -0.259. The van der Waals surface area contributed by atoms with Crippen molar-refractivity contribution in [2.75, 3.05) is 41.3 Å². The molecule has 0 rings (SSSR count). The number of hydrogen-bond donors (Lipinski definition) is 0. The SMILES string of the molecule is CN(C)CCCCOC(=O)N(C)C. The van der Waals surface area contributed by atoms with Crippen LogP contribution >= 0.6 is 0 Å². The molecule has 0 atom stereocenters. The molecule has 0 saturated heterocycles. The van der Waals surface area contributed by atoms with E-state index in [1.54, 1.807) is 14.1 Å². The highest BCUT2D eigenvalue weighted by molar-refractivity contribution is 5.66. The highest BCUT2D eigenvalue weighted by Crippen LogP contribution is 1.93. The van der Waals surface area contributed by atoms with Gasteiger partial charge in [0.2, 0.25) is 0 Å². The Bertz CT molecular complexity index is 147. The number of carbonyl (C=O) groups is 1. The topological polar surface area (TPSA) is 32.8 Å². The lowest BCUT2D eigenvalue weighted by molar-refractivity contribution is 0.116. The van der Waals surface area contributed by atoms with Gasteiger partial charge in [0.05, 0.1) is 6.61 Å². The minimum Gasteiger partial charge on any atom is -0.449 e. The van der Waals surface area contributed by atoms with Crippen LogP contribution in [0.3, 0.4) is 0 Å². The van der Waals surface area contributed by atoms with Crippen LogP contribution in [0.15, 0.2) is 0 Å². The van der Waals surface area contributed by atoms with E-state index in [9.17, 15) is 4.79 Å². The second kappa shape index (κ2) is 6.71. The van der Waals surface area contributed by atoms with E-state index in [4.69, 9.17) is 4.74 Å². The fourth-order valence-electron chi connectivity index (χ4n) is 0.819. The van der Waals surface area contributed by atoms with Gasteiger partial charge in [-0.3, -0.25) is 0 Å². The molecule has 0 heterocycles. The average molecular weight is 188 g/mol. The number of unbranched alkanes of at least 4 members (excludes halogenated alkanes) is 1. The third-order valence-corrected chi connectivity index (χ3v) is 1.59. The van der Waals surface area contributed by atoms with E-state index in [2.05, 4.69) is 4.90 Å². The molecule has 0 aromatic rings. The lowest BCUT2D eigenvalue weighted by Crippen LogP contribution is -2.23. The fraction of sp³-hybridized carbons (Fsp3) is 0.889. The second-order valence-electron chi connectivity index (χ2n) is 3.52. The Hall–Kier alpha value is -0.770. The lowest BCUT2D eigenvalue weighted by Gasteiger charge is -2.12. The van der Waals surface area contributed by atoms with Gasteiger partial charge in [0.15, 0.2) is 0 Å². The molecule has 0 aromatic carbocycles. The summed E-state index contributed by atoms with van der Waals surface area (Å²) in [5.74, 6) is 0. The molecular weight excluding hydrogens is 168 g/mol. The number of ether oxygens (including phenoxy) is 1. The summed E-state index contributed by atoms with van der Waals surface area (Å²) < 4.78 is 4.95. The molecule has 0 bridgehead atoms. The Kier molecular flexibility index (Phi) is 6.32. The zero-order valence-corrected chi connectivity index (χ0v) is 9.04. The maximum absolute atomic E-state index is 10.9. The summed E-state index contributed by atoms with van der Waals surface area (Å²) in [7, 11) is 7.43. The van der Waals surface area contributed by atoms with Crippen molar-refractivity contribution in [2.45, 2.75) is 12.8 Å². The van der Waals surface area contributed by atoms with Crippen LogP contribution in [0.1, 0.15) is 12.8 Å². The number of carbonyl (C=O) groups excluding carboxylic acids is 1. The molecule has 0 aliphatic carbocycles. The number of rotatable bonds is 5. The van der Waals surface area contributed by atoms with Gasteiger partial charge in [0, 0.05) is 14.1 Å². The van der Waals surface area contributed by atoms with Crippen molar-refractivity contribution in [2.24, 2.45) is 0 Å². The maximum atomic E-state index is 10.9. The zero-order chi connectivity index (χ0) is 10.3. The Morgan fingerprint density at radius 3 is 2.23 bits per heavy atom. The van der Waals surface area contributed by atoms with Crippen molar-refractivity contribution >= 4 is 6.09 Å². The van der Waals surface area contributed by atoms with Gasteiger partial charge in [-0.05, 0) is 33.5 Å². The van der Waals surface area contributed by atoms with Crippen molar-refractivity contribution in [3.63, 3.8) is 0 Å². The van der Waals surface area contributed by atoms with E-state index in [0.717, 1.165) is 19.4 Å². The molecule has 78 valence electrons. The molecule has 0 fully saturated rings. The summed E-state index contributed by atoms with van der Waals surface area (Å²) >= 11 is 0. The Balaban J connectivity index is 3.21. The highest BCUT2D eigenvalue weighted by Gasteiger charge is 2.02. The monoisotopic (exact) mass is 188 g/mol. The van der Waals surface area contributed by atoms with Crippen LogP contribution in [-0.2, 0) is 4.74 Å². The molecule has 0 spiro atoms. The first kappa shape index (κ1) is 12.2. The van der Waals surface area contributed by atoms with Crippen LogP contribution in [0, 0.1) is 0 Å². The predicted molar refractivity (Wildman–Crippen MR) is 52.8 cm³/mol. The van der Waals surface area contributed by atoms with Crippen LogP contribution in [-0.4, -0.2) is 57.2 Å². The molecule has 0 saturated carbocycles. The Labute approximate surface area is 80.5 Å². The molecule has 13 heavy (non-hydrogen) atoms. The molecule has 4 heteroatoms. The summed E-state index contributed by atoms with van der Waals surface area (Å²) in [4.78, 5) is 14.5. The van der Waals surface area contributed by atoms with Crippen LogP contribution in [0.25, 0.3) is 0 Å².